The number of anilines is 1. The molecule has 0 aromatic heterocycles. The van der Waals surface area contributed by atoms with Gasteiger partial charge in [0, 0.05) is 45.0 Å². The molecule has 0 bridgehead atoms. The smallest absolute Gasteiger partial charge is 0.248 e. The summed E-state index contributed by atoms with van der Waals surface area (Å²) in [6.07, 6.45) is 2.84. The van der Waals surface area contributed by atoms with Crippen molar-refractivity contribution in [3.63, 3.8) is 0 Å². The molecule has 2 heterocycles. The van der Waals surface area contributed by atoms with Crippen molar-refractivity contribution in [1.82, 2.24) is 10.2 Å². The van der Waals surface area contributed by atoms with Gasteiger partial charge in [0.25, 0.3) is 0 Å². The maximum atomic E-state index is 12.1. The molecule has 0 saturated carbocycles. The van der Waals surface area contributed by atoms with Gasteiger partial charge in [0.15, 0.2) is 0 Å². The highest BCUT2D eigenvalue weighted by Crippen LogP contribution is 2.15. The Labute approximate surface area is 162 Å². The van der Waals surface area contributed by atoms with E-state index in [4.69, 9.17) is 9.47 Å². The van der Waals surface area contributed by atoms with E-state index in [0.717, 1.165) is 58.6 Å². The first-order valence-corrected chi connectivity index (χ1v) is 10.3. The third kappa shape index (κ3) is 6.48. The second-order valence-corrected chi connectivity index (χ2v) is 7.42. The molecule has 150 valence electrons. The Morgan fingerprint density at radius 3 is 2.74 bits per heavy atom. The van der Waals surface area contributed by atoms with Crippen LogP contribution in [0.1, 0.15) is 26.2 Å². The first-order valence-electron chi connectivity index (χ1n) is 10.3. The molecule has 3 rings (SSSR count). The van der Waals surface area contributed by atoms with Crippen LogP contribution in [0, 0.1) is 0 Å². The molecule has 2 fully saturated rings. The van der Waals surface area contributed by atoms with Crippen molar-refractivity contribution >= 4 is 11.6 Å². The predicted octanol–water partition coefficient (Wildman–Crippen LogP) is 1.90. The van der Waals surface area contributed by atoms with Gasteiger partial charge < -0.3 is 19.7 Å². The van der Waals surface area contributed by atoms with E-state index >= 15 is 0 Å². The third-order valence-corrected chi connectivity index (χ3v) is 5.37. The van der Waals surface area contributed by atoms with Crippen molar-refractivity contribution in [2.24, 2.45) is 0 Å². The minimum Gasteiger partial charge on any atom is -0.376 e. The summed E-state index contributed by atoms with van der Waals surface area (Å²) in [6, 6.07) is 10.6. The van der Waals surface area contributed by atoms with Crippen LogP contribution in [0.2, 0.25) is 0 Å². The van der Waals surface area contributed by atoms with Gasteiger partial charge in [0.2, 0.25) is 5.91 Å². The number of hydrogen-bond acceptors (Lipinski definition) is 5. The monoisotopic (exact) mass is 375 g/mol. The topological polar surface area (TPSA) is 54.0 Å². The molecule has 2 aliphatic rings. The molecule has 0 radical (unpaired) electrons. The van der Waals surface area contributed by atoms with Crippen molar-refractivity contribution in [2.75, 3.05) is 57.4 Å². The van der Waals surface area contributed by atoms with E-state index in [1.54, 1.807) is 0 Å². The van der Waals surface area contributed by atoms with Crippen LogP contribution in [0.15, 0.2) is 30.3 Å². The van der Waals surface area contributed by atoms with E-state index in [1.165, 1.54) is 5.69 Å². The maximum absolute atomic E-state index is 12.1. The number of amides is 1. The first-order chi connectivity index (χ1) is 13.2. The van der Waals surface area contributed by atoms with Crippen molar-refractivity contribution in [3.8, 4) is 0 Å². The van der Waals surface area contributed by atoms with Crippen LogP contribution >= 0.6 is 0 Å². The fourth-order valence-corrected chi connectivity index (χ4v) is 3.63. The average molecular weight is 376 g/mol. The number of nitrogens with one attached hydrogen (secondary N) is 1. The summed E-state index contributed by atoms with van der Waals surface area (Å²) in [4.78, 5) is 17.0. The van der Waals surface area contributed by atoms with Crippen LogP contribution in [0.5, 0.6) is 0 Å². The fraction of sp³-hybridized carbons (Fsp3) is 0.667. The lowest BCUT2D eigenvalue weighted by molar-refractivity contribution is -0.133. The molecule has 27 heavy (non-hydrogen) atoms. The SMILES string of the molecule is CC(OCC1CCCO1)C(=O)NCCCN1CCN(c2ccccc2)CC1. The summed E-state index contributed by atoms with van der Waals surface area (Å²) in [5, 5.41) is 2.99. The van der Waals surface area contributed by atoms with Gasteiger partial charge in [0.05, 0.1) is 12.7 Å². The van der Waals surface area contributed by atoms with E-state index in [0.29, 0.717) is 13.2 Å². The lowest BCUT2D eigenvalue weighted by Crippen LogP contribution is -2.47. The number of nitrogens with zero attached hydrogens (tertiary/aromatic N) is 2. The van der Waals surface area contributed by atoms with Crippen LogP contribution < -0.4 is 10.2 Å². The second-order valence-electron chi connectivity index (χ2n) is 7.42. The van der Waals surface area contributed by atoms with Crippen LogP contribution in [-0.2, 0) is 14.3 Å². The number of para-hydroxylation sites is 1. The standard InChI is InChI=1S/C21H33N3O3/c1-18(27-17-20-9-5-16-26-20)21(25)22-10-6-11-23-12-14-24(15-13-23)19-7-3-2-4-8-19/h2-4,7-8,18,20H,5-6,9-17H2,1H3,(H,22,25). The van der Waals surface area contributed by atoms with Gasteiger partial charge in [-0.25, -0.2) is 0 Å². The molecule has 6 nitrogen and oxygen atoms in total. The molecule has 1 aromatic carbocycles. The number of carbonyl (C=O) groups is 1. The van der Waals surface area contributed by atoms with Gasteiger partial charge in [0.1, 0.15) is 6.10 Å². The molecule has 1 N–H and O–H groups in total. The van der Waals surface area contributed by atoms with E-state index in [1.807, 2.05) is 6.92 Å². The predicted molar refractivity (Wildman–Crippen MR) is 107 cm³/mol. The van der Waals surface area contributed by atoms with Gasteiger partial charge in [-0.2, -0.15) is 0 Å². The number of hydrogen-bond donors (Lipinski definition) is 1. The van der Waals surface area contributed by atoms with Gasteiger partial charge in [-0.1, -0.05) is 18.2 Å². The lowest BCUT2D eigenvalue weighted by atomic mass is 10.2. The summed E-state index contributed by atoms with van der Waals surface area (Å²) in [6.45, 7) is 9.13. The zero-order valence-electron chi connectivity index (χ0n) is 16.4. The van der Waals surface area contributed by atoms with E-state index in [-0.39, 0.29) is 12.0 Å². The van der Waals surface area contributed by atoms with Crippen molar-refractivity contribution in [1.29, 1.82) is 0 Å². The molecule has 1 amide bonds. The zero-order valence-corrected chi connectivity index (χ0v) is 16.4. The summed E-state index contributed by atoms with van der Waals surface area (Å²) >= 11 is 0. The minimum atomic E-state index is -0.413. The Balaban J connectivity index is 1.24. The van der Waals surface area contributed by atoms with Crippen LogP contribution in [0.25, 0.3) is 0 Å². The molecular formula is C21H33N3O3. The highest BCUT2D eigenvalue weighted by atomic mass is 16.5. The minimum absolute atomic E-state index is 0.0260. The summed E-state index contributed by atoms with van der Waals surface area (Å²) in [5.41, 5.74) is 1.31. The van der Waals surface area contributed by atoms with Crippen molar-refractivity contribution in [3.05, 3.63) is 30.3 Å². The molecule has 2 atom stereocenters. The van der Waals surface area contributed by atoms with Crippen LogP contribution in [-0.4, -0.2) is 75.5 Å². The Kier molecular flexibility index (Phi) is 7.93. The number of ether oxygens (including phenoxy) is 2. The highest BCUT2D eigenvalue weighted by molar-refractivity contribution is 5.80. The third-order valence-electron chi connectivity index (χ3n) is 5.37. The fourth-order valence-electron chi connectivity index (χ4n) is 3.63. The Morgan fingerprint density at radius 2 is 2.04 bits per heavy atom. The average Bonchev–Trinajstić information content (AvgIpc) is 3.24. The molecule has 1 aromatic rings. The highest BCUT2D eigenvalue weighted by Gasteiger charge is 2.20. The number of benzene rings is 1. The van der Waals surface area contributed by atoms with Crippen molar-refractivity contribution < 1.29 is 14.3 Å². The lowest BCUT2D eigenvalue weighted by Gasteiger charge is -2.36. The maximum Gasteiger partial charge on any atom is 0.248 e. The molecular weight excluding hydrogens is 342 g/mol. The van der Waals surface area contributed by atoms with Gasteiger partial charge >= 0.3 is 0 Å². The molecule has 0 aliphatic carbocycles. The van der Waals surface area contributed by atoms with Gasteiger partial charge in [-0.05, 0) is 44.9 Å². The number of carbonyl (C=O) groups excluding carboxylic acids is 1. The summed E-state index contributed by atoms with van der Waals surface area (Å²) in [5.74, 6) is -0.0260. The second kappa shape index (κ2) is 10.6. The van der Waals surface area contributed by atoms with Gasteiger partial charge in [-0.15, -0.1) is 0 Å². The largest absolute Gasteiger partial charge is 0.376 e. The van der Waals surface area contributed by atoms with Crippen molar-refractivity contribution in [2.45, 2.75) is 38.4 Å². The molecule has 2 saturated heterocycles. The first kappa shape index (κ1) is 20.1. The Morgan fingerprint density at radius 1 is 1.26 bits per heavy atom. The number of piperazine rings is 1. The Hall–Kier alpha value is -1.63. The number of rotatable bonds is 9. The van der Waals surface area contributed by atoms with E-state index in [9.17, 15) is 4.79 Å². The molecule has 0 spiro atoms. The quantitative estimate of drug-likeness (QED) is 0.668. The van der Waals surface area contributed by atoms with Crippen LogP contribution in [0.3, 0.4) is 0 Å². The molecule has 6 heteroatoms. The van der Waals surface area contributed by atoms with E-state index in [2.05, 4.69) is 45.4 Å². The summed E-state index contributed by atoms with van der Waals surface area (Å²) in [7, 11) is 0. The van der Waals surface area contributed by atoms with Crippen LogP contribution in [0.4, 0.5) is 5.69 Å². The molecule has 2 unspecified atom stereocenters. The normalized spacial score (nSPS) is 22.0. The molecule has 2 aliphatic heterocycles. The van der Waals surface area contributed by atoms with E-state index < -0.39 is 6.10 Å². The zero-order chi connectivity index (χ0) is 18.9. The van der Waals surface area contributed by atoms with Gasteiger partial charge in [-0.3, -0.25) is 9.69 Å². The Bertz CT molecular complexity index is 555. The summed E-state index contributed by atoms with van der Waals surface area (Å²) < 4.78 is 11.2.